The van der Waals surface area contributed by atoms with Gasteiger partial charge in [-0.1, -0.05) is 0 Å². The molecular weight excluding hydrogens is 280 g/mol. The van der Waals surface area contributed by atoms with E-state index in [2.05, 4.69) is 9.97 Å². The van der Waals surface area contributed by atoms with Gasteiger partial charge in [-0.2, -0.15) is 0 Å². The van der Waals surface area contributed by atoms with E-state index in [9.17, 15) is 4.79 Å². The quantitative estimate of drug-likeness (QED) is 0.799. The molecule has 2 aromatic heterocycles. The zero-order valence-corrected chi connectivity index (χ0v) is 11.2. The molecule has 1 aromatic carbocycles. The Morgan fingerprint density at radius 3 is 2.95 bits per heavy atom. The molecule has 4 nitrogen and oxygen atoms in total. The summed E-state index contributed by atoms with van der Waals surface area (Å²) in [4.78, 5) is 20.4. The van der Waals surface area contributed by atoms with E-state index in [0.29, 0.717) is 0 Å². The Morgan fingerprint density at radius 2 is 2.21 bits per heavy atom. The highest BCUT2D eigenvalue weighted by Gasteiger charge is 2.06. The van der Waals surface area contributed by atoms with Crippen LogP contribution in [-0.4, -0.2) is 21.0 Å². The molecule has 0 aliphatic carbocycles. The van der Waals surface area contributed by atoms with Crippen molar-refractivity contribution in [2.24, 2.45) is 0 Å². The van der Waals surface area contributed by atoms with E-state index in [1.807, 2.05) is 12.2 Å². The summed E-state index contributed by atoms with van der Waals surface area (Å²) in [5.41, 5.74) is 2.88. The fourth-order valence-corrected chi connectivity index (χ4v) is 3.03. The molecule has 0 aliphatic heterocycles. The number of aromatic nitrogens is 2. The smallest absolute Gasteiger partial charge is 0.335 e. The molecule has 0 atom stereocenters. The van der Waals surface area contributed by atoms with Gasteiger partial charge in [0.2, 0.25) is 0 Å². The van der Waals surface area contributed by atoms with E-state index in [1.54, 1.807) is 41.2 Å². The van der Waals surface area contributed by atoms with Crippen LogP contribution in [0.3, 0.4) is 0 Å². The Kier molecular flexibility index (Phi) is 3.10. The minimum absolute atomic E-state index is 0.286. The summed E-state index contributed by atoms with van der Waals surface area (Å²) in [6, 6.07) is 4.96. The van der Waals surface area contributed by atoms with E-state index in [0.717, 1.165) is 20.1 Å². The van der Waals surface area contributed by atoms with E-state index < -0.39 is 5.97 Å². The number of carboxylic acid groups (broad SMARTS) is 1. The maximum atomic E-state index is 10.9. The minimum Gasteiger partial charge on any atom is -0.478 e. The average Bonchev–Trinajstić information content (AvgIpc) is 3.04. The molecule has 6 heteroatoms. The summed E-state index contributed by atoms with van der Waals surface area (Å²) in [7, 11) is 0. The van der Waals surface area contributed by atoms with Crippen LogP contribution in [0.4, 0.5) is 0 Å². The lowest BCUT2D eigenvalue weighted by Gasteiger charge is -1.91. The SMILES string of the molecule is O=C(O)c1ccc2nc(/C=C/c3cncs3)sc2c1. The maximum absolute atomic E-state index is 10.9. The first-order valence-corrected chi connectivity index (χ1v) is 7.12. The molecule has 0 amide bonds. The molecule has 0 spiro atoms. The van der Waals surface area contributed by atoms with Gasteiger partial charge < -0.3 is 5.11 Å². The second-order valence-corrected chi connectivity index (χ2v) is 5.76. The fourth-order valence-electron chi connectivity index (χ4n) is 1.61. The molecule has 0 saturated heterocycles. The van der Waals surface area contributed by atoms with Gasteiger partial charge in [-0.05, 0) is 30.4 Å². The first kappa shape index (κ1) is 12.0. The number of carbonyl (C=O) groups is 1. The minimum atomic E-state index is -0.919. The number of nitrogens with zero attached hydrogens (tertiary/aromatic N) is 2. The largest absolute Gasteiger partial charge is 0.478 e. The number of carboxylic acids is 1. The molecule has 0 bridgehead atoms. The third kappa shape index (κ3) is 2.54. The van der Waals surface area contributed by atoms with E-state index >= 15 is 0 Å². The third-order valence-electron chi connectivity index (χ3n) is 2.49. The monoisotopic (exact) mass is 288 g/mol. The second kappa shape index (κ2) is 4.91. The Balaban J connectivity index is 1.95. The Labute approximate surface area is 116 Å². The molecule has 1 N–H and O–H groups in total. The number of rotatable bonds is 3. The number of hydrogen-bond acceptors (Lipinski definition) is 5. The summed E-state index contributed by atoms with van der Waals surface area (Å²) < 4.78 is 0.879. The molecule has 3 aromatic rings. The molecule has 3 rings (SSSR count). The van der Waals surface area contributed by atoms with Crippen LogP contribution >= 0.6 is 22.7 Å². The van der Waals surface area contributed by atoms with Gasteiger partial charge in [-0.25, -0.2) is 9.78 Å². The van der Waals surface area contributed by atoms with Crippen molar-refractivity contribution in [1.29, 1.82) is 0 Å². The normalized spacial score (nSPS) is 11.4. The number of benzene rings is 1. The summed E-state index contributed by atoms with van der Waals surface area (Å²) in [6.45, 7) is 0. The highest BCUT2D eigenvalue weighted by Crippen LogP contribution is 2.25. The van der Waals surface area contributed by atoms with Gasteiger partial charge in [0, 0.05) is 11.1 Å². The first-order valence-electron chi connectivity index (χ1n) is 5.43. The number of hydrogen-bond donors (Lipinski definition) is 1. The molecule has 2 heterocycles. The molecule has 94 valence electrons. The molecule has 0 aliphatic rings. The molecular formula is C13H8N2O2S2. The van der Waals surface area contributed by atoms with Crippen LogP contribution in [0.1, 0.15) is 20.2 Å². The summed E-state index contributed by atoms with van der Waals surface area (Å²) >= 11 is 3.03. The van der Waals surface area contributed by atoms with Crippen LogP contribution < -0.4 is 0 Å². The predicted molar refractivity (Wildman–Crippen MR) is 77.6 cm³/mol. The van der Waals surface area contributed by atoms with Crippen molar-refractivity contribution in [3.05, 3.63) is 45.4 Å². The van der Waals surface area contributed by atoms with Crippen LogP contribution in [0.5, 0.6) is 0 Å². The second-order valence-electron chi connectivity index (χ2n) is 3.78. The van der Waals surface area contributed by atoms with Gasteiger partial charge >= 0.3 is 5.97 Å². The maximum Gasteiger partial charge on any atom is 0.335 e. The van der Waals surface area contributed by atoms with Crippen molar-refractivity contribution in [3.63, 3.8) is 0 Å². The third-order valence-corrected chi connectivity index (χ3v) is 4.22. The topological polar surface area (TPSA) is 63.1 Å². The number of fused-ring (bicyclic) bond motifs is 1. The molecule has 0 fully saturated rings. The number of thiazole rings is 2. The van der Waals surface area contributed by atoms with Gasteiger partial charge in [-0.15, -0.1) is 22.7 Å². The fraction of sp³-hybridized carbons (Fsp3) is 0. The molecule has 0 radical (unpaired) electrons. The predicted octanol–water partition coefficient (Wildman–Crippen LogP) is 3.62. The Hall–Kier alpha value is -2.05. The lowest BCUT2D eigenvalue weighted by molar-refractivity contribution is 0.0697. The van der Waals surface area contributed by atoms with Crippen LogP contribution in [0.15, 0.2) is 29.9 Å². The molecule has 0 unspecified atom stereocenters. The van der Waals surface area contributed by atoms with Crippen molar-refractivity contribution in [1.82, 2.24) is 9.97 Å². The van der Waals surface area contributed by atoms with E-state index in [-0.39, 0.29) is 5.56 Å². The first-order chi connectivity index (χ1) is 9.22. The van der Waals surface area contributed by atoms with Gasteiger partial charge in [0.25, 0.3) is 0 Å². The lowest BCUT2D eigenvalue weighted by Crippen LogP contribution is -1.94. The average molecular weight is 288 g/mol. The van der Waals surface area contributed by atoms with E-state index in [4.69, 9.17) is 5.11 Å². The Morgan fingerprint density at radius 1 is 1.32 bits per heavy atom. The zero-order chi connectivity index (χ0) is 13.2. The van der Waals surface area contributed by atoms with Crippen LogP contribution in [-0.2, 0) is 0 Å². The summed E-state index contributed by atoms with van der Waals surface area (Å²) in [5.74, 6) is -0.919. The Bertz CT molecular complexity index is 760. The van der Waals surface area contributed by atoms with Crippen LogP contribution in [0.25, 0.3) is 22.4 Å². The summed E-state index contributed by atoms with van der Waals surface area (Å²) in [6.07, 6.45) is 5.66. The van der Waals surface area contributed by atoms with Crippen LogP contribution in [0.2, 0.25) is 0 Å². The van der Waals surface area contributed by atoms with Crippen molar-refractivity contribution in [2.75, 3.05) is 0 Å². The van der Waals surface area contributed by atoms with Gasteiger partial charge in [-0.3, -0.25) is 4.98 Å². The van der Waals surface area contributed by atoms with Gasteiger partial charge in [0.15, 0.2) is 0 Å². The van der Waals surface area contributed by atoms with Gasteiger partial charge in [0.05, 0.1) is 21.3 Å². The number of aromatic carboxylic acids is 1. The highest BCUT2D eigenvalue weighted by atomic mass is 32.1. The zero-order valence-electron chi connectivity index (χ0n) is 9.61. The highest BCUT2D eigenvalue weighted by molar-refractivity contribution is 7.19. The van der Waals surface area contributed by atoms with Crippen molar-refractivity contribution in [2.45, 2.75) is 0 Å². The summed E-state index contributed by atoms with van der Waals surface area (Å²) in [5, 5.41) is 9.80. The van der Waals surface area contributed by atoms with Crippen LogP contribution in [0, 0.1) is 0 Å². The van der Waals surface area contributed by atoms with E-state index in [1.165, 1.54) is 11.3 Å². The molecule has 0 saturated carbocycles. The van der Waals surface area contributed by atoms with Gasteiger partial charge in [0.1, 0.15) is 5.01 Å². The van der Waals surface area contributed by atoms with Crippen molar-refractivity contribution in [3.8, 4) is 0 Å². The van der Waals surface area contributed by atoms with Crippen molar-refractivity contribution < 1.29 is 9.90 Å². The molecule has 19 heavy (non-hydrogen) atoms. The lowest BCUT2D eigenvalue weighted by atomic mass is 10.2. The van der Waals surface area contributed by atoms with Crippen molar-refractivity contribution >= 4 is 51.0 Å². The standard InChI is InChI=1S/C13H8N2O2S2/c16-13(17)8-1-3-10-11(5-8)19-12(15-10)4-2-9-6-14-7-18-9/h1-7H,(H,16,17)/b4-2+.